The molecular weight excluding hydrogens is 644 g/mol. The zero-order chi connectivity index (χ0) is 35.6. The third-order valence-electron chi connectivity index (χ3n) is 8.65. The molecule has 4 aromatic rings. The van der Waals surface area contributed by atoms with Crippen molar-refractivity contribution >= 4 is 17.8 Å². The number of methoxy groups -OCH3 is 8. The van der Waals surface area contributed by atoms with Crippen molar-refractivity contribution in [3.63, 3.8) is 0 Å². The van der Waals surface area contributed by atoms with Gasteiger partial charge in [0.15, 0.2) is 34.5 Å². The molecule has 1 aliphatic rings. The molecule has 0 saturated carbocycles. The monoisotopic (exact) mass is 690 g/mol. The van der Waals surface area contributed by atoms with Gasteiger partial charge in [-0.2, -0.15) is 15.0 Å². The van der Waals surface area contributed by atoms with Crippen molar-refractivity contribution in [1.29, 1.82) is 0 Å². The van der Waals surface area contributed by atoms with E-state index < -0.39 is 12.2 Å². The number of nitrogens with zero attached hydrogens (tertiary/aromatic N) is 4. The van der Waals surface area contributed by atoms with Crippen molar-refractivity contribution in [3.05, 3.63) is 70.8 Å². The maximum Gasteiger partial charge on any atom is 0.232 e. The van der Waals surface area contributed by atoms with Gasteiger partial charge in [0, 0.05) is 51.5 Å². The Hall–Kier alpha value is -5.21. The Kier molecular flexibility index (Phi) is 12.2. The first-order chi connectivity index (χ1) is 24.4. The Morgan fingerprint density at radius 2 is 1.08 bits per heavy atom. The van der Waals surface area contributed by atoms with Crippen molar-refractivity contribution in [3.8, 4) is 34.5 Å². The first-order valence-electron chi connectivity index (χ1n) is 16.1. The molecule has 2 heterocycles. The number of aromatic nitrogens is 3. The summed E-state index contributed by atoms with van der Waals surface area (Å²) in [4.78, 5) is 16.6. The molecule has 0 radical (unpaired) electrons. The molecule has 2 atom stereocenters. The maximum atomic E-state index is 5.88. The Morgan fingerprint density at radius 3 is 1.52 bits per heavy atom. The van der Waals surface area contributed by atoms with Gasteiger partial charge in [-0.1, -0.05) is 24.3 Å². The lowest BCUT2D eigenvalue weighted by Crippen LogP contribution is -2.32. The van der Waals surface area contributed by atoms with E-state index in [0.717, 1.165) is 23.1 Å². The normalized spacial score (nSPS) is 13.5. The topological polar surface area (TPSA) is 140 Å². The molecule has 0 spiro atoms. The molecule has 1 aliphatic heterocycles. The molecule has 0 saturated heterocycles. The van der Waals surface area contributed by atoms with E-state index in [2.05, 4.69) is 15.5 Å². The number of hydrogen-bond acceptors (Lipinski definition) is 14. The van der Waals surface area contributed by atoms with E-state index in [-0.39, 0.29) is 0 Å². The minimum Gasteiger partial charge on any atom is -0.493 e. The van der Waals surface area contributed by atoms with Crippen LogP contribution in [0.3, 0.4) is 0 Å². The summed E-state index contributed by atoms with van der Waals surface area (Å²) in [5.74, 6) is 5.04. The molecule has 50 heavy (non-hydrogen) atoms. The van der Waals surface area contributed by atoms with Gasteiger partial charge < -0.3 is 53.4 Å². The number of benzene rings is 3. The summed E-state index contributed by atoms with van der Waals surface area (Å²) in [7, 11) is 13.0. The smallest absolute Gasteiger partial charge is 0.232 e. The molecule has 3 aromatic carbocycles. The number of ether oxygens (including phenoxy) is 8. The van der Waals surface area contributed by atoms with Gasteiger partial charge in [0.2, 0.25) is 17.8 Å². The molecule has 0 amide bonds. The molecule has 0 bridgehead atoms. The van der Waals surface area contributed by atoms with Crippen molar-refractivity contribution in [2.24, 2.45) is 0 Å². The second-order valence-electron chi connectivity index (χ2n) is 11.3. The van der Waals surface area contributed by atoms with E-state index in [4.69, 9.17) is 52.8 Å². The van der Waals surface area contributed by atoms with E-state index in [9.17, 15) is 0 Å². The quantitative estimate of drug-likeness (QED) is 0.152. The summed E-state index contributed by atoms with van der Waals surface area (Å²) in [6, 6.07) is 15.4. The first kappa shape index (κ1) is 36.1. The zero-order valence-electron chi connectivity index (χ0n) is 29.9. The number of para-hydroxylation sites is 2. The molecule has 5 rings (SSSR count). The van der Waals surface area contributed by atoms with Gasteiger partial charge in [-0.25, -0.2) is 0 Å². The van der Waals surface area contributed by atoms with Gasteiger partial charge in [0.1, 0.15) is 12.2 Å². The molecule has 1 aromatic heterocycles. The Balaban J connectivity index is 1.45. The second kappa shape index (κ2) is 16.9. The van der Waals surface area contributed by atoms with Crippen LogP contribution in [-0.2, 0) is 22.4 Å². The Bertz CT molecular complexity index is 1660. The van der Waals surface area contributed by atoms with E-state index in [1.54, 1.807) is 56.9 Å². The largest absolute Gasteiger partial charge is 0.493 e. The van der Waals surface area contributed by atoms with Gasteiger partial charge in [-0.15, -0.1) is 0 Å². The van der Waals surface area contributed by atoms with Crippen molar-refractivity contribution in [1.82, 2.24) is 15.0 Å². The summed E-state index contributed by atoms with van der Waals surface area (Å²) < 4.78 is 45.3. The molecule has 2 N–H and O–H groups in total. The van der Waals surface area contributed by atoms with E-state index in [0.29, 0.717) is 78.5 Å². The predicted octanol–water partition coefficient (Wildman–Crippen LogP) is 5.09. The van der Waals surface area contributed by atoms with E-state index in [1.807, 2.05) is 48.5 Å². The third-order valence-corrected chi connectivity index (χ3v) is 8.65. The molecule has 2 unspecified atom stereocenters. The number of hydrogen-bond donors (Lipinski definition) is 2. The second-order valence-corrected chi connectivity index (χ2v) is 11.3. The highest BCUT2D eigenvalue weighted by molar-refractivity contribution is 5.53. The number of anilines is 3. The highest BCUT2D eigenvalue weighted by Gasteiger charge is 2.25. The van der Waals surface area contributed by atoms with Gasteiger partial charge in [0.25, 0.3) is 0 Å². The summed E-state index contributed by atoms with van der Waals surface area (Å²) in [5, 5.41) is 6.73. The fraction of sp³-hybridized carbons (Fsp3) is 0.417. The van der Waals surface area contributed by atoms with Crippen LogP contribution in [0.25, 0.3) is 0 Å². The van der Waals surface area contributed by atoms with Crippen LogP contribution in [0.5, 0.6) is 34.5 Å². The van der Waals surface area contributed by atoms with E-state index in [1.165, 1.54) is 5.56 Å². The molecule has 14 heteroatoms. The van der Waals surface area contributed by atoms with E-state index >= 15 is 0 Å². The lowest BCUT2D eigenvalue weighted by Gasteiger charge is -2.30. The first-order valence-corrected chi connectivity index (χ1v) is 16.1. The average molecular weight is 691 g/mol. The van der Waals surface area contributed by atoms with Crippen molar-refractivity contribution in [2.45, 2.75) is 25.2 Å². The fourth-order valence-electron chi connectivity index (χ4n) is 6.06. The average Bonchev–Trinajstić information content (AvgIpc) is 3.16. The van der Waals surface area contributed by atoms with Crippen LogP contribution in [-0.4, -0.2) is 91.5 Å². The highest BCUT2D eigenvalue weighted by Crippen LogP contribution is 2.38. The SMILES string of the molecule is COc1cc2c(cc1OC)CN(c1nc(NCC(OC)c3cccc(OC)c3OC)nc(NCC(OC)c3cccc(OC)c3OC)n1)CC2. The van der Waals surface area contributed by atoms with Crippen LogP contribution in [0.2, 0.25) is 0 Å². The van der Waals surface area contributed by atoms with Crippen LogP contribution in [0, 0.1) is 0 Å². The number of nitrogens with one attached hydrogen (secondary N) is 2. The summed E-state index contributed by atoms with van der Waals surface area (Å²) in [5.41, 5.74) is 3.94. The van der Waals surface area contributed by atoms with Crippen LogP contribution in [0.15, 0.2) is 48.5 Å². The number of rotatable bonds is 17. The lowest BCUT2D eigenvalue weighted by molar-refractivity contribution is 0.111. The Morgan fingerprint density at radius 1 is 0.600 bits per heavy atom. The van der Waals surface area contributed by atoms with Crippen LogP contribution in [0.1, 0.15) is 34.5 Å². The standard InChI is InChI=1S/C36H46N6O8/c1-43-26-13-9-11-24(32(26)49-7)30(47-5)19-37-34-39-35(38-20-31(48-6)25-12-10-14-27(44-2)33(25)50-8)41-36(40-34)42-16-15-22-17-28(45-3)29(46-4)18-23(22)21-42/h9-14,17-18,30-31H,15-16,19-21H2,1-8H3,(H2,37,38,39,40,41). The molecule has 0 aliphatic carbocycles. The summed E-state index contributed by atoms with van der Waals surface area (Å²) >= 11 is 0. The van der Waals surface area contributed by atoms with Crippen LogP contribution in [0.4, 0.5) is 17.8 Å². The van der Waals surface area contributed by atoms with Crippen molar-refractivity contribution < 1.29 is 37.9 Å². The Labute approximate surface area is 292 Å². The van der Waals surface area contributed by atoms with Crippen LogP contribution < -0.4 is 44.0 Å². The van der Waals surface area contributed by atoms with Crippen LogP contribution >= 0.6 is 0 Å². The fourth-order valence-corrected chi connectivity index (χ4v) is 6.06. The van der Waals surface area contributed by atoms with Crippen molar-refractivity contribution in [2.75, 3.05) is 92.0 Å². The number of fused-ring (bicyclic) bond motifs is 1. The third kappa shape index (κ3) is 7.81. The zero-order valence-corrected chi connectivity index (χ0v) is 29.9. The lowest BCUT2D eigenvalue weighted by atomic mass is 9.99. The van der Waals surface area contributed by atoms with Gasteiger partial charge in [-0.3, -0.25) is 0 Å². The molecule has 268 valence electrons. The minimum atomic E-state index is -0.403. The predicted molar refractivity (Wildman–Crippen MR) is 190 cm³/mol. The summed E-state index contributed by atoms with van der Waals surface area (Å²) in [6.07, 6.45) is -0.0332. The molecular formula is C36H46N6O8. The molecule has 14 nitrogen and oxygen atoms in total. The van der Waals surface area contributed by atoms with Gasteiger partial charge in [-0.05, 0) is 41.8 Å². The van der Waals surface area contributed by atoms with Gasteiger partial charge >= 0.3 is 0 Å². The highest BCUT2D eigenvalue weighted by atomic mass is 16.5. The maximum absolute atomic E-state index is 5.88. The molecule has 0 fully saturated rings. The minimum absolute atomic E-state index is 0.338. The van der Waals surface area contributed by atoms with Gasteiger partial charge in [0.05, 0.1) is 42.7 Å². The summed E-state index contributed by atoms with van der Waals surface area (Å²) in [6.45, 7) is 1.94.